The monoisotopic (exact) mass is 459 g/mol. The van der Waals surface area contributed by atoms with Crippen LogP contribution in [0, 0.1) is 11.3 Å². The predicted octanol–water partition coefficient (Wildman–Crippen LogP) is 3.55. The minimum absolute atomic E-state index is 0.0874. The number of nitriles is 1. The van der Waals surface area contributed by atoms with E-state index in [4.69, 9.17) is 33.6 Å². The Morgan fingerprint density at radius 3 is 2.48 bits per heavy atom. The Labute approximate surface area is 177 Å². The van der Waals surface area contributed by atoms with Crippen LogP contribution in [0.4, 0.5) is 14.3 Å². The van der Waals surface area contributed by atoms with E-state index >= 15 is 0 Å². The third kappa shape index (κ3) is 4.05. The molecule has 0 saturated carbocycles. The molecule has 0 spiro atoms. The summed E-state index contributed by atoms with van der Waals surface area (Å²) >= 11 is 12.8. The number of hydrogen-bond acceptors (Lipinski definition) is 7. The molecule has 2 aromatic rings. The highest BCUT2D eigenvalue weighted by Crippen LogP contribution is 2.32. The lowest BCUT2D eigenvalue weighted by molar-refractivity contribution is 0.0677. The molecule has 152 valence electrons. The van der Waals surface area contributed by atoms with Crippen molar-refractivity contribution in [2.45, 2.75) is 18.9 Å². The molecule has 1 saturated heterocycles. The van der Waals surface area contributed by atoms with Gasteiger partial charge in [0.05, 0.1) is 16.2 Å². The van der Waals surface area contributed by atoms with E-state index < -0.39 is 24.1 Å². The summed E-state index contributed by atoms with van der Waals surface area (Å²) in [6.07, 6.45) is -0.226. The average molecular weight is 460 g/mol. The van der Waals surface area contributed by atoms with Crippen LogP contribution < -0.4 is 4.90 Å². The second kappa shape index (κ2) is 8.36. The fourth-order valence-corrected chi connectivity index (χ4v) is 4.23. The Bertz CT molecular complexity index is 1030. The molecule has 2 amide bonds. The fourth-order valence-electron chi connectivity index (χ4n) is 3.01. The molecule has 1 aliphatic rings. The average Bonchev–Trinajstić information content (AvgIpc) is 3.28. The van der Waals surface area contributed by atoms with Crippen LogP contribution in [-0.4, -0.2) is 57.1 Å². The van der Waals surface area contributed by atoms with Crippen LogP contribution in [0.2, 0.25) is 10.0 Å². The second-order valence-corrected chi connectivity index (χ2v) is 7.84. The number of carbonyl (C=O) groups excluding carboxylic acids is 2. The second-order valence-electron chi connectivity index (χ2n) is 6.07. The maximum Gasteiger partial charge on any atom is 0.407 e. The van der Waals surface area contributed by atoms with E-state index in [0.29, 0.717) is 23.1 Å². The number of carboxylic acid groups (broad SMARTS) is 1. The summed E-state index contributed by atoms with van der Waals surface area (Å²) in [7, 11) is 0. The summed E-state index contributed by atoms with van der Waals surface area (Å²) in [5.74, 6) is -2.10. The molecule has 3 heterocycles. The zero-order valence-corrected chi connectivity index (χ0v) is 16.8. The maximum absolute atomic E-state index is 13.7. The number of anilines is 1. The molecule has 1 aliphatic heterocycles. The number of carboxylic acids is 1. The van der Waals surface area contributed by atoms with Crippen LogP contribution in [0.5, 0.6) is 0 Å². The van der Waals surface area contributed by atoms with Gasteiger partial charge >= 0.3 is 12.1 Å². The normalized spacial score (nSPS) is 14.5. The topological polar surface area (TPSA) is 130 Å². The number of aromatic amines is 1. The van der Waals surface area contributed by atoms with Crippen LogP contribution in [0.1, 0.15) is 38.7 Å². The third-order valence-corrected chi connectivity index (χ3v) is 6.32. The molecule has 13 heteroatoms. The summed E-state index contributed by atoms with van der Waals surface area (Å²) in [5, 5.41) is 18.0. The Morgan fingerprint density at radius 2 is 2.00 bits per heavy atom. The fraction of sp³-hybridized carbons (Fsp3) is 0.312. The first-order valence-corrected chi connectivity index (χ1v) is 9.76. The molecule has 0 radical (unpaired) electrons. The van der Waals surface area contributed by atoms with Crippen molar-refractivity contribution in [3.8, 4) is 6.07 Å². The van der Waals surface area contributed by atoms with E-state index in [0.717, 1.165) is 11.3 Å². The Balaban J connectivity index is 1.76. The summed E-state index contributed by atoms with van der Waals surface area (Å²) in [4.78, 5) is 44.1. The lowest BCUT2D eigenvalue weighted by atomic mass is 10.0. The predicted molar refractivity (Wildman–Crippen MR) is 103 cm³/mol. The van der Waals surface area contributed by atoms with Crippen molar-refractivity contribution < 1.29 is 23.9 Å². The van der Waals surface area contributed by atoms with Crippen LogP contribution in [0.3, 0.4) is 0 Å². The maximum atomic E-state index is 13.7. The van der Waals surface area contributed by atoms with Crippen LogP contribution in [0.25, 0.3) is 0 Å². The molecule has 1 fully saturated rings. The number of halogens is 3. The van der Waals surface area contributed by atoms with Crippen molar-refractivity contribution in [2.24, 2.45) is 0 Å². The molecule has 0 bridgehead atoms. The minimum Gasteiger partial charge on any atom is -0.477 e. The first kappa shape index (κ1) is 21.0. The van der Waals surface area contributed by atoms with Gasteiger partial charge in [-0.25, -0.2) is 19.5 Å². The zero-order valence-electron chi connectivity index (χ0n) is 14.5. The molecular weight excluding hydrogens is 448 g/mol. The number of rotatable bonds is 4. The highest BCUT2D eigenvalue weighted by atomic mass is 35.5. The summed E-state index contributed by atoms with van der Waals surface area (Å²) in [6, 6.07) is 0.966. The van der Waals surface area contributed by atoms with Crippen molar-refractivity contribution in [3.05, 3.63) is 32.5 Å². The number of nitrogens with one attached hydrogen (secondary N) is 1. The summed E-state index contributed by atoms with van der Waals surface area (Å²) in [5.41, 5.74) is -0.508. The standard InChI is InChI=1S/C16H12Cl2FN5O4S/c17-10-8(5-20)22-12(11(10)18)13(25)24(15(19)28)7-1-3-23(4-2-7)16-21-6-9(29-16)14(26)27/h6-7,22H,1-4H2,(H,26,27). The zero-order chi connectivity index (χ0) is 21.3. The Morgan fingerprint density at radius 1 is 1.34 bits per heavy atom. The third-order valence-electron chi connectivity index (χ3n) is 4.42. The SMILES string of the molecule is N#Cc1[nH]c(C(=O)N(C(=O)F)C2CCN(c3ncc(C(=O)O)s3)CC2)c(Cl)c1Cl. The van der Waals surface area contributed by atoms with Gasteiger partial charge in [0, 0.05) is 19.1 Å². The van der Waals surface area contributed by atoms with E-state index in [1.165, 1.54) is 6.20 Å². The van der Waals surface area contributed by atoms with Gasteiger partial charge in [-0.1, -0.05) is 34.5 Å². The first-order valence-electron chi connectivity index (χ1n) is 8.18. The van der Waals surface area contributed by atoms with Crippen LogP contribution in [0.15, 0.2) is 6.20 Å². The number of aromatic nitrogens is 2. The number of aromatic carboxylic acids is 1. The Kier molecular flexibility index (Phi) is 6.07. The molecule has 0 unspecified atom stereocenters. The van der Waals surface area contributed by atoms with Gasteiger partial charge in [0.25, 0.3) is 5.91 Å². The largest absolute Gasteiger partial charge is 0.477 e. The number of hydrogen-bond donors (Lipinski definition) is 2. The smallest absolute Gasteiger partial charge is 0.407 e. The molecule has 29 heavy (non-hydrogen) atoms. The number of nitrogens with zero attached hydrogens (tertiary/aromatic N) is 4. The molecule has 2 N–H and O–H groups in total. The highest BCUT2D eigenvalue weighted by Gasteiger charge is 2.36. The van der Waals surface area contributed by atoms with Crippen LogP contribution in [-0.2, 0) is 0 Å². The first-order chi connectivity index (χ1) is 13.7. The molecule has 3 rings (SSSR count). The van der Waals surface area contributed by atoms with Crippen molar-refractivity contribution >= 4 is 57.7 Å². The summed E-state index contributed by atoms with van der Waals surface area (Å²) in [6.45, 7) is 0.661. The lowest BCUT2D eigenvalue weighted by Crippen LogP contribution is -2.49. The van der Waals surface area contributed by atoms with Gasteiger partial charge < -0.3 is 15.0 Å². The molecule has 0 atom stereocenters. The van der Waals surface area contributed by atoms with E-state index in [2.05, 4.69) is 9.97 Å². The van der Waals surface area contributed by atoms with Crippen LogP contribution >= 0.6 is 34.5 Å². The van der Waals surface area contributed by atoms with E-state index in [-0.39, 0.29) is 39.2 Å². The quantitative estimate of drug-likeness (QED) is 0.527. The van der Waals surface area contributed by atoms with E-state index in [9.17, 15) is 18.8 Å². The minimum atomic E-state index is -1.95. The molecule has 0 aliphatic carbocycles. The lowest BCUT2D eigenvalue weighted by Gasteiger charge is -2.35. The van der Waals surface area contributed by atoms with E-state index in [1.54, 1.807) is 11.0 Å². The van der Waals surface area contributed by atoms with Crippen molar-refractivity contribution in [3.63, 3.8) is 0 Å². The van der Waals surface area contributed by atoms with Gasteiger partial charge in [-0.2, -0.15) is 5.26 Å². The highest BCUT2D eigenvalue weighted by molar-refractivity contribution is 7.17. The van der Waals surface area contributed by atoms with Gasteiger partial charge in [-0.3, -0.25) is 4.79 Å². The molecule has 2 aromatic heterocycles. The van der Waals surface area contributed by atoms with Gasteiger partial charge in [0.1, 0.15) is 22.3 Å². The van der Waals surface area contributed by atoms with Gasteiger partial charge in [0.15, 0.2) is 5.13 Å². The number of amides is 2. The molecule has 0 aromatic carbocycles. The van der Waals surface area contributed by atoms with Gasteiger partial charge in [0.2, 0.25) is 0 Å². The number of H-pyrrole nitrogens is 1. The van der Waals surface area contributed by atoms with Crippen molar-refractivity contribution in [2.75, 3.05) is 18.0 Å². The van der Waals surface area contributed by atoms with E-state index in [1.807, 2.05) is 0 Å². The number of carbonyl (C=O) groups is 3. The number of thiazole rings is 1. The molecular formula is C16H12Cl2FN5O4S. The van der Waals surface area contributed by atoms with Gasteiger partial charge in [-0.15, -0.1) is 4.39 Å². The Hall–Kier alpha value is -2.68. The van der Waals surface area contributed by atoms with Crippen molar-refractivity contribution in [1.29, 1.82) is 5.26 Å². The number of imide groups is 1. The van der Waals surface area contributed by atoms with Gasteiger partial charge in [-0.05, 0) is 12.8 Å². The summed E-state index contributed by atoms with van der Waals surface area (Å²) < 4.78 is 13.7. The molecule has 9 nitrogen and oxygen atoms in total. The van der Waals surface area contributed by atoms with Crippen molar-refractivity contribution in [1.82, 2.24) is 14.9 Å². The number of piperidine rings is 1.